The van der Waals surface area contributed by atoms with Gasteiger partial charge >= 0.3 is 0 Å². The predicted molar refractivity (Wildman–Crippen MR) is 109 cm³/mol. The maximum Gasteiger partial charge on any atom is 0.267 e. The highest BCUT2D eigenvalue weighted by Crippen LogP contribution is 2.44. The fourth-order valence-electron chi connectivity index (χ4n) is 5.00. The maximum absolute atomic E-state index is 13.6. The van der Waals surface area contributed by atoms with Crippen molar-refractivity contribution in [2.75, 3.05) is 18.0 Å². The summed E-state index contributed by atoms with van der Waals surface area (Å²) < 4.78 is 13.6. The van der Waals surface area contributed by atoms with Gasteiger partial charge in [0.2, 0.25) is 11.9 Å². The van der Waals surface area contributed by atoms with Crippen LogP contribution in [-0.4, -0.2) is 51.1 Å². The molecule has 2 amide bonds. The van der Waals surface area contributed by atoms with Gasteiger partial charge in [-0.15, -0.1) is 0 Å². The van der Waals surface area contributed by atoms with Crippen molar-refractivity contribution >= 4 is 24.0 Å². The van der Waals surface area contributed by atoms with Gasteiger partial charge in [-0.25, -0.2) is 19.4 Å². The van der Waals surface area contributed by atoms with Gasteiger partial charge in [-0.1, -0.05) is 0 Å². The highest BCUT2D eigenvalue weighted by molar-refractivity contribution is 5.90. The van der Waals surface area contributed by atoms with Crippen molar-refractivity contribution in [1.82, 2.24) is 20.0 Å². The Morgan fingerprint density at radius 1 is 1.16 bits per heavy atom. The van der Waals surface area contributed by atoms with Crippen LogP contribution in [-0.2, 0) is 4.79 Å². The van der Waals surface area contributed by atoms with Gasteiger partial charge in [-0.05, 0) is 42.4 Å². The van der Waals surface area contributed by atoms with Crippen molar-refractivity contribution in [3.05, 3.63) is 47.8 Å². The highest BCUT2D eigenvalue weighted by Gasteiger charge is 2.46. The zero-order chi connectivity index (χ0) is 21.5. The number of fused-ring (bicyclic) bond motifs is 1. The Balaban J connectivity index is 1.25. The number of nitrogens with two attached hydrogens (primary N) is 1. The minimum atomic E-state index is -0.581. The van der Waals surface area contributed by atoms with E-state index in [1.54, 1.807) is 12.4 Å². The number of hydrogen-bond acceptors (Lipinski definition) is 7. The van der Waals surface area contributed by atoms with Crippen LogP contribution in [0.3, 0.4) is 0 Å². The second-order valence-electron chi connectivity index (χ2n) is 8.37. The number of nitrogens with zero attached hydrogens (tertiary/aromatic N) is 6. The van der Waals surface area contributed by atoms with Gasteiger partial charge in [0.05, 0.1) is 12.2 Å². The number of hydrazone groups is 1. The van der Waals surface area contributed by atoms with Crippen LogP contribution >= 0.6 is 0 Å². The number of halogens is 1. The average molecular weight is 423 g/mol. The fraction of sp³-hybridized carbons (Fsp3) is 0.429. The van der Waals surface area contributed by atoms with Crippen molar-refractivity contribution in [2.24, 2.45) is 28.6 Å². The van der Waals surface area contributed by atoms with Crippen LogP contribution in [0.4, 0.5) is 10.3 Å². The molecule has 5 rings (SSSR count). The summed E-state index contributed by atoms with van der Waals surface area (Å²) in [7, 11) is 0. The molecule has 1 saturated heterocycles. The van der Waals surface area contributed by atoms with Gasteiger partial charge < -0.3 is 10.6 Å². The largest absolute Gasteiger partial charge is 0.364 e. The molecular formula is C21H22FN7O2. The summed E-state index contributed by atoms with van der Waals surface area (Å²) in [6.07, 6.45) is 8.05. The van der Waals surface area contributed by atoms with Gasteiger partial charge in [0.1, 0.15) is 11.5 Å². The Morgan fingerprint density at radius 3 is 2.65 bits per heavy atom. The second kappa shape index (κ2) is 7.68. The van der Waals surface area contributed by atoms with Gasteiger partial charge in [0.25, 0.3) is 5.91 Å². The van der Waals surface area contributed by atoms with Crippen molar-refractivity contribution in [2.45, 2.75) is 25.3 Å². The standard InChI is InChI=1S/C21H22FN7O2/c22-16-7-13(8-24-9-16)18-2-4-26-29(18)20(31)12-5-14-10-28(11-15(14)6-12)21-25-3-1-17(27-21)19(23)30/h1,3-4,7-9,12,14-15,18H,2,5-6,10-11H2,(H2,23,30). The Bertz CT molecular complexity index is 1050. The van der Waals surface area contributed by atoms with Crippen LogP contribution < -0.4 is 10.6 Å². The minimum Gasteiger partial charge on any atom is -0.364 e. The molecule has 0 bridgehead atoms. The second-order valence-corrected chi connectivity index (χ2v) is 8.37. The van der Waals surface area contributed by atoms with Crippen LogP contribution in [0.2, 0.25) is 0 Å². The number of anilines is 1. The summed E-state index contributed by atoms with van der Waals surface area (Å²) in [4.78, 5) is 39.1. The molecule has 160 valence electrons. The summed E-state index contributed by atoms with van der Waals surface area (Å²) in [5.41, 5.74) is 6.17. The summed E-state index contributed by atoms with van der Waals surface area (Å²) in [5, 5.41) is 5.78. The molecule has 4 heterocycles. The van der Waals surface area contributed by atoms with Crippen molar-refractivity contribution < 1.29 is 14.0 Å². The normalized spacial score (nSPS) is 27.0. The van der Waals surface area contributed by atoms with Crippen LogP contribution in [0, 0.1) is 23.6 Å². The maximum atomic E-state index is 13.6. The minimum absolute atomic E-state index is 0.0177. The van der Waals surface area contributed by atoms with Crippen molar-refractivity contribution in [3.8, 4) is 0 Å². The first-order valence-electron chi connectivity index (χ1n) is 10.3. The van der Waals surface area contributed by atoms with E-state index in [0.29, 0.717) is 29.8 Å². The summed E-state index contributed by atoms with van der Waals surface area (Å²) in [6, 6.07) is 2.60. The molecule has 3 atom stereocenters. The molecule has 0 radical (unpaired) electrons. The molecule has 10 heteroatoms. The number of pyridine rings is 1. The molecule has 1 aliphatic carbocycles. The van der Waals surface area contributed by atoms with Gasteiger partial charge in [0, 0.05) is 44.0 Å². The quantitative estimate of drug-likeness (QED) is 0.797. The lowest BCUT2D eigenvalue weighted by Gasteiger charge is -2.25. The Labute approximate surface area is 178 Å². The zero-order valence-corrected chi connectivity index (χ0v) is 16.8. The summed E-state index contributed by atoms with van der Waals surface area (Å²) >= 11 is 0. The number of carbonyl (C=O) groups is 2. The first-order chi connectivity index (χ1) is 15.0. The van der Waals surface area contributed by atoms with Crippen molar-refractivity contribution in [1.29, 1.82) is 0 Å². The Kier molecular flexibility index (Phi) is 4.84. The van der Waals surface area contributed by atoms with Gasteiger partial charge in [-0.2, -0.15) is 5.10 Å². The summed E-state index contributed by atoms with van der Waals surface area (Å²) in [5.74, 6) is 0.0470. The first-order valence-corrected chi connectivity index (χ1v) is 10.3. The van der Waals surface area contributed by atoms with Crippen LogP contribution in [0.5, 0.6) is 0 Å². The molecule has 3 unspecified atom stereocenters. The van der Waals surface area contributed by atoms with E-state index < -0.39 is 11.7 Å². The third-order valence-corrected chi connectivity index (χ3v) is 6.44. The van der Waals surface area contributed by atoms with Gasteiger partial charge in [-0.3, -0.25) is 14.6 Å². The summed E-state index contributed by atoms with van der Waals surface area (Å²) in [6.45, 7) is 1.47. The topological polar surface area (TPSA) is 118 Å². The van der Waals surface area contributed by atoms with E-state index in [-0.39, 0.29) is 23.6 Å². The monoisotopic (exact) mass is 423 g/mol. The van der Waals surface area contributed by atoms with Crippen LogP contribution in [0.25, 0.3) is 0 Å². The molecule has 3 aliphatic rings. The predicted octanol–water partition coefficient (Wildman–Crippen LogP) is 1.53. The molecule has 31 heavy (non-hydrogen) atoms. The molecule has 1 saturated carbocycles. The Morgan fingerprint density at radius 2 is 1.94 bits per heavy atom. The third kappa shape index (κ3) is 3.62. The molecule has 9 nitrogen and oxygen atoms in total. The first kappa shape index (κ1) is 19.5. The van der Waals surface area contributed by atoms with E-state index in [4.69, 9.17) is 5.73 Å². The van der Waals surface area contributed by atoms with E-state index in [9.17, 15) is 14.0 Å². The smallest absolute Gasteiger partial charge is 0.267 e. The number of carbonyl (C=O) groups excluding carboxylic acids is 2. The average Bonchev–Trinajstić information content (AvgIpc) is 3.48. The number of primary amides is 1. The van der Waals surface area contributed by atoms with E-state index in [2.05, 4.69) is 25.0 Å². The zero-order valence-electron chi connectivity index (χ0n) is 16.8. The van der Waals surface area contributed by atoms with Gasteiger partial charge in [0.15, 0.2) is 0 Å². The molecule has 0 aromatic carbocycles. The van der Waals surface area contributed by atoms with Crippen LogP contribution in [0.15, 0.2) is 35.8 Å². The molecule has 2 aliphatic heterocycles. The van der Waals surface area contributed by atoms with E-state index >= 15 is 0 Å². The number of rotatable bonds is 4. The van der Waals surface area contributed by atoms with Crippen molar-refractivity contribution in [3.63, 3.8) is 0 Å². The number of amides is 2. The molecule has 2 N–H and O–H groups in total. The fourth-order valence-corrected chi connectivity index (χ4v) is 5.00. The highest BCUT2D eigenvalue weighted by atomic mass is 19.1. The Hall–Kier alpha value is -3.43. The molecule has 2 aromatic rings. The van der Waals surface area contributed by atoms with E-state index in [0.717, 1.165) is 32.1 Å². The SMILES string of the molecule is NC(=O)c1ccnc(N2CC3CC(C(=O)N4N=CCC4c4cncc(F)c4)CC3C2)n1. The lowest BCUT2D eigenvalue weighted by molar-refractivity contribution is -0.137. The van der Waals surface area contributed by atoms with Crippen LogP contribution in [0.1, 0.15) is 41.4 Å². The molecular weight excluding hydrogens is 401 g/mol. The van der Waals surface area contributed by atoms with E-state index in [1.165, 1.54) is 23.3 Å². The van der Waals surface area contributed by atoms with E-state index in [1.807, 2.05) is 0 Å². The lowest BCUT2D eigenvalue weighted by Crippen LogP contribution is -2.33. The lowest BCUT2D eigenvalue weighted by atomic mass is 10.0. The molecule has 2 aromatic heterocycles. The third-order valence-electron chi connectivity index (χ3n) is 6.44. The number of hydrogen-bond donors (Lipinski definition) is 1. The molecule has 0 spiro atoms. The molecule has 2 fully saturated rings. The number of aromatic nitrogens is 3.